The Bertz CT molecular complexity index is 245. The van der Waals surface area contributed by atoms with Crippen LogP contribution in [-0.2, 0) is 11.2 Å². The Labute approximate surface area is 95.5 Å². The smallest absolute Gasteiger partial charge is 0.120 e. The Kier molecular flexibility index (Phi) is 6.35. The quantitative estimate of drug-likeness (QED) is 0.500. The van der Waals surface area contributed by atoms with Crippen LogP contribution in [0.1, 0.15) is 17.5 Å². The van der Waals surface area contributed by atoms with Crippen molar-refractivity contribution >= 4 is 35.8 Å². The molecule has 0 bridgehead atoms. The van der Waals surface area contributed by atoms with Crippen molar-refractivity contribution in [1.82, 2.24) is 0 Å². The Morgan fingerprint density at radius 2 is 2.17 bits per heavy atom. The Hall–Kier alpha value is -0.110. The molecule has 0 unspecified atom stereocenters. The normalized spacial score (nSPS) is 8.75. The van der Waals surface area contributed by atoms with Crippen molar-refractivity contribution in [3.8, 4) is 0 Å². The number of aldehydes is 1. The summed E-state index contributed by atoms with van der Waals surface area (Å²) >= 11 is 0. The van der Waals surface area contributed by atoms with E-state index in [2.05, 4.69) is 25.1 Å². The summed E-state index contributed by atoms with van der Waals surface area (Å²) in [5.41, 5.74) is 2.51. The fourth-order valence-electron chi connectivity index (χ4n) is 1.09. The number of carbonyl (C=O) groups is 1. The Morgan fingerprint density at radius 1 is 1.42 bits per heavy atom. The van der Waals surface area contributed by atoms with Gasteiger partial charge in [0.25, 0.3) is 0 Å². The summed E-state index contributed by atoms with van der Waals surface area (Å²) in [4.78, 5) is 10.1. The fraction of sp³-hybridized carbons (Fsp3) is 0.300. The monoisotopic (exact) mass is 171 g/mol. The van der Waals surface area contributed by atoms with Crippen molar-refractivity contribution in [3.63, 3.8) is 0 Å². The predicted molar refractivity (Wildman–Crippen MR) is 51.3 cm³/mol. The van der Waals surface area contributed by atoms with Gasteiger partial charge >= 0.3 is 0 Å². The molecule has 1 radical (unpaired) electrons. The molecule has 0 saturated heterocycles. The second-order valence-corrected chi connectivity index (χ2v) is 2.69. The molecule has 1 aromatic rings. The molecule has 0 aliphatic rings. The van der Waals surface area contributed by atoms with Gasteiger partial charge in [0, 0.05) is 36.0 Å². The fourth-order valence-corrected chi connectivity index (χ4v) is 1.09. The van der Waals surface area contributed by atoms with Crippen LogP contribution < -0.4 is 0 Å². The van der Waals surface area contributed by atoms with Crippen LogP contribution in [0.4, 0.5) is 0 Å². The van der Waals surface area contributed by atoms with Gasteiger partial charge in [-0.1, -0.05) is 29.8 Å². The predicted octanol–water partition coefficient (Wildman–Crippen LogP) is 1.75. The van der Waals surface area contributed by atoms with E-state index < -0.39 is 0 Å². The first-order valence-corrected chi connectivity index (χ1v) is 3.82. The molecule has 1 aromatic carbocycles. The number of aryl methyl sites for hydroxylation is 2. The SMILES string of the molecule is Cc1cccc(CCC=O)c1.[Na]. The molecular formula is C10H12NaO. The molecule has 0 amide bonds. The number of carbonyl (C=O) groups excluding carboxylic acids is 1. The van der Waals surface area contributed by atoms with E-state index in [1.807, 2.05) is 6.07 Å². The van der Waals surface area contributed by atoms with Crippen molar-refractivity contribution in [2.24, 2.45) is 0 Å². The summed E-state index contributed by atoms with van der Waals surface area (Å²) in [6.07, 6.45) is 2.46. The molecule has 0 spiro atoms. The molecule has 0 N–H and O–H groups in total. The van der Waals surface area contributed by atoms with Gasteiger partial charge in [0.05, 0.1) is 0 Å². The average Bonchev–Trinajstić information content (AvgIpc) is 2.01. The van der Waals surface area contributed by atoms with Crippen LogP contribution in [0.2, 0.25) is 0 Å². The van der Waals surface area contributed by atoms with Gasteiger partial charge in [0.15, 0.2) is 0 Å². The maximum absolute atomic E-state index is 10.1. The molecule has 1 rings (SSSR count). The van der Waals surface area contributed by atoms with Gasteiger partial charge in [-0.25, -0.2) is 0 Å². The van der Waals surface area contributed by atoms with E-state index >= 15 is 0 Å². The summed E-state index contributed by atoms with van der Waals surface area (Å²) in [6.45, 7) is 2.06. The van der Waals surface area contributed by atoms with Gasteiger partial charge in [-0.2, -0.15) is 0 Å². The molecule has 0 aliphatic carbocycles. The van der Waals surface area contributed by atoms with Crippen molar-refractivity contribution in [2.75, 3.05) is 0 Å². The number of hydrogen-bond acceptors (Lipinski definition) is 1. The first-order valence-electron chi connectivity index (χ1n) is 3.82. The summed E-state index contributed by atoms with van der Waals surface area (Å²) in [6, 6.07) is 8.25. The van der Waals surface area contributed by atoms with Crippen molar-refractivity contribution in [3.05, 3.63) is 35.4 Å². The van der Waals surface area contributed by atoms with Gasteiger partial charge in [-0.3, -0.25) is 0 Å². The van der Waals surface area contributed by atoms with E-state index in [0.29, 0.717) is 6.42 Å². The zero-order valence-electron chi connectivity index (χ0n) is 7.71. The van der Waals surface area contributed by atoms with E-state index in [-0.39, 0.29) is 29.6 Å². The van der Waals surface area contributed by atoms with Gasteiger partial charge in [0.1, 0.15) is 6.29 Å². The van der Waals surface area contributed by atoms with Crippen molar-refractivity contribution < 1.29 is 4.79 Å². The standard InChI is InChI=1S/C10H12O.Na/c1-9-4-2-5-10(8-9)6-3-7-11;/h2,4-5,7-8H,3,6H2,1H3;. The van der Waals surface area contributed by atoms with Crippen LogP contribution >= 0.6 is 0 Å². The first kappa shape index (κ1) is 11.9. The average molecular weight is 171 g/mol. The van der Waals surface area contributed by atoms with E-state index in [1.54, 1.807) is 0 Å². The van der Waals surface area contributed by atoms with E-state index in [0.717, 1.165) is 12.7 Å². The van der Waals surface area contributed by atoms with Crippen LogP contribution in [0.3, 0.4) is 0 Å². The van der Waals surface area contributed by atoms with Crippen LogP contribution in [-0.4, -0.2) is 35.8 Å². The van der Waals surface area contributed by atoms with E-state index in [9.17, 15) is 4.79 Å². The number of rotatable bonds is 3. The third-order valence-electron chi connectivity index (χ3n) is 1.63. The zero-order chi connectivity index (χ0) is 8.10. The minimum Gasteiger partial charge on any atom is -0.303 e. The maximum atomic E-state index is 10.1. The van der Waals surface area contributed by atoms with Gasteiger partial charge in [0.2, 0.25) is 0 Å². The van der Waals surface area contributed by atoms with Gasteiger partial charge in [-0.05, 0) is 18.9 Å². The molecule has 0 aliphatic heterocycles. The maximum Gasteiger partial charge on any atom is 0.120 e. The van der Waals surface area contributed by atoms with Crippen LogP contribution in [0.25, 0.3) is 0 Å². The zero-order valence-corrected chi connectivity index (χ0v) is 9.71. The number of hydrogen-bond donors (Lipinski definition) is 0. The summed E-state index contributed by atoms with van der Waals surface area (Å²) in [7, 11) is 0. The van der Waals surface area contributed by atoms with Gasteiger partial charge in [-0.15, -0.1) is 0 Å². The van der Waals surface area contributed by atoms with Crippen molar-refractivity contribution in [1.29, 1.82) is 0 Å². The molecule has 0 heterocycles. The minimum absolute atomic E-state index is 0. The molecule has 0 aromatic heterocycles. The molecule has 12 heavy (non-hydrogen) atoms. The van der Waals surface area contributed by atoms with Gasteiger partial charge < -0.3 is 4.79 Å². The summed E-state index contributed by atoms with van der Waals surface area (Å²) in [5, 5.41) is 0. The molecule has 1 nitrogen and oxygen atoms in total. The minimum atomic E-state index is 0. The third-order valence-corrected chi connectivity index (χ3v) is 1.63. The second-order valence-electron chi connectivity index (χ2n) is 2.69. The summed E-state index contributed by atoms with van der Waals surface area (Å²) in [5.74, 6) is 0. The number of benzene rings is 1. The molecule has 0 saturated carbocycles. The molecule has 0 fully saturated rings. The Balaban J connectivity index is 0.00000121. The molecule has 59 valence electrons. The molecule has 0 atom stereocenters. The van der Waals surface area contributed by atoms with Crippen molar-refractivity contribution in [2.45, 2.75) is 19.8 Å². The molecular weight excluding hydrogens is 159 g/mol. The first-order chi connectivity index (χ1) is 5.33. The van der Waals surface area contributed by atoms with Crippen LogP contribution in [0, 0.1) is 6.92 Å². The third kappa shape index (κ3) is 4.05. The largest absolute Gasteiger partial charge is 0.303 e. The van der Waals surface area contributed by atoms with Crippen LogP contribution in [0.5, 0.6) is 0 Å². The Morgan fingerprint density at radius 3 is 2.75 bits per heavy atom. The van der Waals surface area contributed by atoms with E-state index in [1.165, 1.54) is 11.1 Å². The summed E-state index contributed by atoms with van der Waals surface area (Å²) < 4.78 is 0. The van der Waals surface area contributed by atoms with E-state index in [4.69, 9.17) is 0 Å². The van der Waals surface area contributed by atoms with Crippen LogP contribution in [0.15, 0.2) is 24.3 Å². The second kappa shape index (κ2) is 6.41. The molecule has 2 heteroatoms. The topological polar surface area (TPSA) is 17.1 Å².